The van der Waals surface area contributed by atoms with Crippen LogP contribution in [0.4, 0.5) is 10.1 Å². The molecule has 0 radical (unpaired) electrons. The number of carboxylic acid groups (broad SMARTS) is 1. The smallest absolute Gasteiger partial charge is 0.344 e. The molecule has 1 heterocycles. The summed E-state index contributed by atoms with van der Waals surface area (Å²) in [6.45, 7) is 3.88. The molecule has 1 saturated heterocycles. The fourth-order valence-electron chi connectivity index (χ4n) is 2.74. The van der Waals surface area contributed by atoms with E-state index in [0.29, 0.717) is 45.9 Å². The maximum absolute atomic E-state index is 13.3. The number of nitrogens with zero attached hydrogens (tertiary/aromatic N) is 1. The van der Waals surface area contributed by atoms with Crippen LogP contribution in [0.1, 0.15) is 25.8 Å². The summed E-state index contributed by atoms with van der Waals surface area (Å²) in [5, 5.41) is 12.2. The molecule has 1 atom stereocenters. The van der Waals surface area contributed by atoms with Crippen LogP contribution in [0.25, 0.3) is 6.08 Å². The molecule has 1 fully saturated rings. The summed E-state index contributed by atoms with van der Waals surface area (Å²) >= 11 is 1.13. The Morgan fingerprint density at radius 1 is 1.26 bits per heavy atom. The maximum Gasteiger partial charge on any atom is 0.344 e. The van der Waals surface area contributed by atoms with Crippen molar-refractivity contribution in [3.05, 3.63) is 58.8 Å². The maximum atomic E-state index is 13.3. The average molecular weight is 444 g/mol. The molecule has 2 aromatic carbocycles. The third-order valence-corrected chi connectivity index (χ3v) is 5.08. The van der Waals surface area contributed by atoms with Crippen LogP contribution in [-0.2, 0) is 9.59 Å². The molecule has 0 saturated carbocycles. The number of aliphatic imine (C=N–C) groups is 1. The van der Waals surface area contributed by atoms with E-state index in [4.69, 9.17) is 9.47 Å². The van der Waals surface area contributed by atoms with E-state index in [9.17, 15) is 19.1 Å². The zero-order chi connectivity index (χ0) is 22.4. The number of hydrogen-bond acceptors (Lipinski definition) is 6. The number of carbonyl (C=O) groups is 2. The van der Waals surface area contributed by atoms with Gasteiger partial charge in [0.2, 0.25) is 0 Å². The molecule has 31 heavy (non-hydrogen) atoms. The Hall–Kier alpha value is -3.33. The first kappa shape index (κ1) is 22.4. The van der Waals surface area contributed by atoms with Crippen molar-refractivity contribution in [1.82, 2.24) is 5.32 Å². The number of amidine groups is 1. The number of carbonyl (C=O) groups excluding carboxylic acids is 1. The molecule has 9 heteroatoms. The highest BCUT2D eigenvalue weighted by atomic mass is 32.2. The molecule has 2 aromatic rings. The standard InChI is InChI=1S/C22H21FN2O5S/c1-3-16(21(27)28)30-17-9-8-13(10-18(17)29-4-2)11-19-20(26)25-22(31-19)24-15-7-5-6-14(23)12-15/h5-12,16H,3-4H2,1-2H3,(H,27,28)(H,24,25,26)/b19-11+. The van der Waals surface area contributed by atoms with Crippen LogP contribution in [0.3, 0.4) is 0 Å². The lowest BCUT2D eigenvalue weighted by Gasteiger charge is -2.16. The van der Waals surface area contributed by atoms with Crippen molar-refractivity contribution in [1.29, 1.82) is 0 Å². The van der Waals surface area contributed by atoms with Gasteiger partial charge >= 0.3 is 5.97 Å². The van der Waals surface area contributed by atoms with Gasteiger partial charge in [-0.15, -0.1) is 0 Å². The highest BCUT2D eigenvalue weighted by Gasteiger charge is 2.24. The molecule has 1 aliphatic heterocycles. The van der Waals surface area contributed by atoms with Crippen molar-refractivity contribution < 1.29 is 28.6 Å². The summed E-state index contributed by atoms with van der Waals surface area (Å²) in [4.78, 5) is 28.2. The van der Waals surface area contributed by atoms with Crippen LogP contribution in [-0.4, -0.2) is 34.9 Å². The Morgan fingerprint density at radius 3 is 2.74 bits per heavy atom. The summed E-state index contributed by atoms with van der Waals surface area (Å²) in [6, 6.07) is 10.8. The van der Waals surface area contributed by atoms with Gasteiger partial charge in [-0.2, -0.15) is 0 Å². The molecule has 1 aliphatic rings. The number of carboxylic acids is 1. The zero-order valence-electron chi connectivity index (χ0n) is 16.9. The molecule has 162 valence electrons. The number of benzene rings is 2. The van der Waals surface area contributed by atoms with E-state index in [-0.39, 0.29) is 5.91 Å². The number of ether oxygens (including phenoxy) is 2. The van der Waals surface area contributed by atoms with Gasteiger partial charge in [-0.1, -0.05) is 19.1 Å². The largest absolute Gasteiger partial charge is 0.490 e. The predicted molar refractivity (Wildman–Crippen MR) is 117 cm³/mol. The Kier molecular flexibility index (Phi) is 7.30. The summed E-state index contributed by atoms with van der Waals surface area (Å²) in [6.07, 6.45) is 0.979. The number of hydrogen-bond donors (Lipinski definition) is 2. The van der Waals surface area contributed by atoms with Gasteiger partial charge in [-0.25, -0.2) is 14.2 Å². The third-order valence-electron chi connectivity index (χ3n) is 4.17. The highest BCUT2D eigenvalue weighted by Crippen LogP contribution is 2.33. The second-order valence-electron chi connectivity index (χ2n) is 6.45. The van der Waals surface area contributed by atoms with E-state index >= 15 is 0 Å². The molecule has 3 rings (SSSR count). The first-order chi connectivity index (χ1) is 14.9. The minimum absolute atomic E-state index is 0.303. The second-order valence-corrected chi connectivity index (χ2v) is 7.48. The van der Waals surface area contributed by atoms with Gasteiger partial charge in [0.15, 0.2) is 22.8 Å². The first-order valence-corrected chi connectivity index (χ1v) is 10.4. The minimum atomic E-state index is -1.06. The van der Waals surface area contributed by atoms with Crippen LogP contribution in [0, 0.1) is 5.82 Å². The molecule has 2 N–H and O–H groups in total. The predicted octanol–water partition coefficient (Wildman–Crippen LogP) is 4.36. The summed E-state index contributed by atoms with van der Waals surface area (Å²) in [5.74, 6) is -1.09. The Balaban J connectivity index is 1.83. The summed E-state index contributed by atoms with van der Waals surface area (Å²) < 4.78 is 24.5. The molecule has 0 spiro atoms. The molecular weight excluding hydrogens is 423 g/mol. The molecule has 7 nitrogen and oxygen atoms in total. The average Bonchev–Trinajstić information content (AvgIpc) is 3.06. The second kappa shape index (κ2) is 10.1. The lowest BCUT2D eigenvalue weighted by molar-refractivity contribution is -0.145. The van der Waals surface area contributed by atoms with Crippen LogP contribution in [0.5, 0.6) is 11.5 Å². The quantitative estimate of drug-likeness (QED) is 0.588. The van der Waals surface area contributed by atoms with Crippen molar-refractivity contribution in [2.24, 2.45) is 4.99 Å². The fraction of sp³-hybridized carbons (Fsp3) is 0.227. The topological polar surface area (TPSA) is 97.2 Å². The van der Waals surface area contributed by atoms with Gasteiger partial charge in [0.1, 0.15) is 5.82 Å². The van der Waals surface area contributed by atoms with E-state index in [2.05, 4.69) is 10.3 Å². The number of thioether (sulfide) groups is 1. The number of nitrogens with one attached hydrogen (secondary N) is 1. The monoisotopic (exact) mass is 444 g/mol. The van der Waals surface area contributed by atoms with Crippen molar-refractivity contribution in [2.75, 3.05) is 6.61 Å². The molecule has 0 aromatic heterocycles. The minimum Gasteiger partial charge on any atom is -0.490 e. The number of halogens is 1. The van der Waals surface area contributed by atoms with Gasteiger partial charge in [0.05, 0.1) is 17.2 Å². The lowest BCUT2D eigenvalue weighted by atomic mass is 10.1. The Bertz CT molecular complexity index is 1050. The van der Waals surface area contributed by atoms with Crippen LogP contribution in [0.15, 0.2) is 52.4 Å². The van der Waals surface area contributed by atoms with Gasteiger partial charge in [0, 0.05) is 0 Å². The number of rotatable bonds is 8. The van der Waals surface area contributed by atoms with E-state index < -0.39 is 17.9 Å². The molecule has 1 amide bonds. The van der Waals surface area contributed by atoms with Crippen LogP contribution >= 0.6 is 11.8 Å². The molecule has 0 aliphatic carbocycles. The number of aliphatic carboxylic acids is 1. The zero-order valence-corrected chi connectivity index (χ0v) is 17.7. The van der Waals surface area contributed by atoms with E-state index in [1.807, 2.05) is 0 Å². The number of amides is 1. The third kappa shape index (κ3) is 5.85. The highest BCUT2D eigenvalue weighted by molar-refractivity contribution is 8.18. The van der Waals surface area contributed by atoms with Crippen LogP contribution in [0.2, 0.25) is 0 Å². The van der Waals surface area contributed by atoms with E-state index in [1.54, 1.807) is 50.3 Å². The SMILES string of the molecule is CCOc1cc(/C=C2/SC(=Nc3cccc(F)c3)NC2=O)ccc1OC(CC)C(=O)O. The lowest BCUT2D eigenvalue weighted by Crippen LogP contribution is -2.26. The molecule has 0 bridgehead atoms. The van der Waals surface area contributed by atoms with Gasteiger partial charge in [0.25, 0.3) is 5.91 Å². The van der Waals surface area contributed by atoms with Gasteiger partial charge < -0.3 is 19.9 Å². The molecular formula is C22H21FN2O5S. The van der Waals surface area contributed by atoms with Crippen molar-refractivity contribution in [3.8, 4) is 11.5 Å². The van der Waals surface area contributed by atoms with Gasteiger partial charge in [-0.05, 0) is 67.1 Å². The normalized spacial score (nSPS) is 16.9. The fourth-order valence-corrected chi connectivity index (χ4v) is 3.58. The first-order valence-electron chi connectivity index (χ1n) is 9.61. The summed E-state index contributed by atoms with van der Waals surface area (Å²) in [5.41, 5.74) is 1.07. The van der Waals surface area contributed by atoms with Crippen molar-refractivity contribution >= 4 is 40.6 Å². The van der Waals surface area contributed by atoms with Gasteiger partial charge in [-0.3, -0.25) is 4.79 Å². The van der Waals surface area contributed by atoms with Crippen LogP contribution < -0.4 is 14.8 Å². The van der Waals surface area contributed by atoms with E-state index in [0.717, 1.165) is 11.8 Å². The Labute approximate surface area is 183 Å². The summed E-state index contributed by atoms with van der Waals surface area (Å²) in [7, 11) is 0. The Morgan fingerprint density at radius 2 is 2.06 bits per heavy atom. The van der Waals surface area contributed by atoms with Crippen molar-refractivity contribution in [2.45, 2.75) is 26.4 Å². The van der Waals surface area contributed by atoms with Crippen molar-refractivity contribution in [3.63, 3.8) is 0 Å². The van der Waals surface area contributed by atoms with E-state index in [1.165, 1.54) is 12.1 Å². The molecule has 1 unspecified atom stereocenters.